The number of nitrogens with zero attached hydrogens (tertiary/aromatic N) is 2. The Morgan fingerprint density at radius 1 is 0.895 bits per heavy atom. The quantitative estimate of drug-likeness (QED) is 0.742. The molecule has 5 nitrogen and oxygen atoms in total. The minimum Gasteiger partial charge on any atom is -0.370 e. The van der Waals surface area contributed by atoms with E-state index in [0.29, 0.717) is 5.95 Å². The van der Waals surface area contributed by atoms with E-state index in [1.54, 1.807) is 0 Å². The Labute approximate surface area is 113 Å². The van der Waals surface area contributed by atoms with Crippen LogP contribution in [-0.2, 0) is 0 Å². The molecule has 19 heavy (non-hydrogen) atoms. The molecule has 3 N–H and O–H groups in total. The highest BCUT2D eigenvalue weighted by molar-refractivity contribution is 5.58. The van der Waals surface area contributed by atoms with Crippen molar-refractivity contribution in [3.63, 3.8) is 0 Å². The van der Waals surface area contributed by atoms with E-state index in [1.165, 1.54) is 0 Å². The third-order valence-electron chi connectivity index (χ3n) is 2.47. The van der Waals surface area contributed by atoms with Crippen molar-refractivity contribution in [1.29, 1.82) is 0 Å². The van der Waals surface area contributed by atoms with Gasteiger partial charge < -0.3 is 16.0 Å². The van der Waals surface area contributed by atoms with E-state index in [1.807, 2.05) is 50.2 Å². The summed E-state index contributed by atoms with van der Waals surface area (Å²) < 4.78 is 0. The number of benzene rings is 1. The average Bonchev–Trinajstić information content (AvgIpc) is 2.40. The maximum Gasteiger partial charge on any atom is 0.231 e. The third kappa shape index (κ3) is 3.84. The van der Waals surface area contributed by atoms with Crippen LogP contribution in [0.4, 0.5) is 23.3 Å². The summed E-state index contributed by atoms with van der Waals surface area (Å²) in [6.07, 6.45) is 0. The molecule has 0 aliphatic heterocycles. The van der Waals surface area contributed by atoms with E-state index in [9.17, 15) is 0 Å². The van der Waals surface area contributed by atoms with E-state index >= 15 is 0 Å². The summed E-state index contributed by atoms with van der Waals surface area (Å²) in [6.45, 7) is 5.74. The Kier molecular flexibility index (Phi) is 4.55. The summed E-state index contributed by atoms with van der Waals surface area (Å²) in [6, 6.07) is 11.8. The van der Waals surface area contributed by atoms with Crippen LogP contribution in [0.3, 0.4) is 0 Å². The van der Waals surface area contributed by atoms with Crippen LogP contribution < -0.4 is 16.0 Å². The molecular formula is C14H19N5. The normalized spacial score (nSPS) is 10.0. The maximum absolute atomic E-state index is 4.43. The van der Waals surface area contributed by atoms with Crippen LogP contribution in [0, 0.1) is 0 Å². The Balaban J connectivity index is 2.23. The summed E-state index contributed by atoms with van der Waals surface area (Å²) in [4.78, 5) is 8.85. The fraction of sp³-hybridized carbons (Fsp3) is 0.286. The summed E-state index contributed by atoms with van der Waals surface area (Å²) in [5.41, 5.74) is 0.971. The number of anilines is 4. The molecule has 2 aromatic rings. The maximum atomic E-state index is 4.43. The number of nitrogens with one attached hydrogen (secondary N) is 3. The van der Waals surface area contributed by atoms with Gasteiger partial charge >= 0.3 is 0 Å². The molecule has 0 radical (unpaired) electrons. The highest BCUT2D eigenvalue weighted by atomic mass is 15.2. The summed E-state index contributed by atoms with van der Waals surface area (Å²) in [7, 11) is 0. The van der Waals surface area contributed by atoms with Crippen molar-refractivity contribution >= 4 is 23.3 Å². The van der Waals surface area contributed by atoms with E-state index < -0.39 is 0 Å². The highest BCUT2D eigenvalue weighted by Crippen LogP contribution is 2.17. The Hall–Kier alpha value is -2.30. The highest BCUT2D eigenvalue weighted by Gasteiger charge is 2.04. The molecule has 2 rings (SSSR count). The lowest BCUT2D eigenvalue weighted by molar-refractivity contribution is 1.09. The average molecular weight is 257 g/mol. The van der Waals surface area contributed by atoms with Crippen LogP contribution in [0.15, 0.2) is 36.4 Å². The summed E-state index contributed by atoms with van der Waals surface area (Å²) in [5.74, 6) is 2.21. The van der Waals surface area contributed by atoms with Gasteiger partial charge in [-0.25, -0.2) is 0 Å². The van der Waals surface area contributed by atoms with Gasteiger partial charge in [0, 0.05) is 24.8 Å². The Morgan fingerprint density at radius 3 is 2.00 bits per heavy atom. The SMILES string of the molecule is CCNc1cc(NCC)nc(Nc2ccccc2)n1. The minimum atomic E-state index is 0.584. The Morgan fingerprint density at radius 2 is 1.47 bits per heavy atom. The first-order valence-corrected chi connectivity index (χ1v) is 6.50. The molecule has 0 spiro atoms. The number of hydrogen-bond donors (Lipinski definition) is 3. The second-order valence-corrected chi connectivity index (χ2v) is 4.01. The minimum absolute atomic E-state index is 0.584. The molecule has 1 aromatic heterocycles. The second-order valence-electron chi connectivity index (χ2n) is 4.01. The molecule has 0 amide bonds. The molecule has 0 atom stereocenters. The zero-order valence-corrected chi connectivity index (χ0v) is 11.3. The van der Waals surface area contributed by atoms with E-state index in [4.69, 9.17) is 0 Å². The first kappa shape index (κ1) is 13.1. The zero-order valence-electron chi connectivity index (χ0n) is 11.3. The largest absolute Gasteiger partial charge is 0.370 e. The molecular weight excluding hydrogens is 238 g/mol. The molecule has 0 aliphatic rings. The first-order valence-electron chi connectivity index (χ1n) is 6.50. The first-order chi connectivity index (χ1) is 9.31. The van der Waals surface area contributed by atoms with Crippen LogP contribution in [0.1, 0.15) is 13.8 Å². The lowest BCUT2D eigenvalue weighted by atomic mass is 10.3. The van der Waals surface area contributed by atoms with E-state index in [-0.39, 0.29) is 0 Å². The van der Waals surface area contributed by atoms with Crippen molar-refractivity contribution in [3.05, 3.63) is 36.4 Å². The van der Waals surface area contributed by atoms with Crippen LogP contribution in [0.25, 0.3) is 0 Å². The predicted molar refractivity (Wildman–Crippen MR) is 80.1 cm³/mol. The third-order valence-corrected chi connectivity index (χ3v) is 2.47. The molecule has 0 saturated carbocycles. The van der Waals surface area contributed by atoms with Crippen molar-refractivity contribution < 1.29 is 0 Å². The van der Waals surface area contributed by atoms with Gasteiger partial charge in [0.1, 0.15) is 11.6 Å². The van der Waals surface area contributed by atoms with Gasteiger partial charge in [0.05, 0.1) is 0 Å². The van der Waals surface area contributed by atoms with Crippen molar-refractivity contribution in [3.8, 4) is 0 Å². The van der Waals surface area contributed by atoms with Gasteiger partial charge in [-0.3, -0.25) is 0 Å². The van der Waals surface area contributed by atoms with Crippen molar-refractivity contribution in [2.75, 3.05) is 29.0 Å². The lowest BCUT2D eigenvalue weighted by Gasteiger charge is -2.10. The number of hydrogen-bond acceptors (Lipinski definition) is 5. The molecule has 0 saturated heterocycles. The van der Waals surface area contributed by atoms with Gasteiger partial charge in [-0.15, -0.1) is 0 Å². The number of rotatable bonds is 6. The topological polar surface area (TPSA) is 61.9 Å². The van der Waals surface area contributed by atoms with Crippen LogP contribution in [-0.4, -0.2) is 23.1 Å². The van der Waals surface area contributed by atoms with Crippen LogP contribution in [0.5, 0.6) is 0 Å². The van der Waals surface area contributed by atoms with Crippen LogP contribution in [0.2, 0.25) is 0 Å². The van der Waals surface area contributed by atoms with Crippen LogP contribution >= 0.6 is 0 Å². The number of para-hydroxylation sites is 1. The molecule has 1 heterocycles. The fourth-order valence-electron chi connectivity index (χ4n) is 1.70. The number of aromatic nitrogens is 2. The summed E-state index contributed by atoms with van der Waals surface area (Å²) in [5, 5.41) is 9.60. The second kappa shape index (κ2) is 6.58. The lowest BCUT2D eigenvalue weighted by Crippen LogP contribution is -2.07. The van der Waals surface area contributed by atoms with Crippen molar-refractivity contribution in [2.24, 2.45) is 0 Å². The van der Waals surface area contributed by atoms with Crippen molar-refractivity contribution in [2.45, 2.75) is 13.8 Å². The molecule has 0 aliphatic carbocycles. The molecule has 0 fully saturated rings. The van der Waals surface area contributed by atoms with E-state index in [2.05, 4.69) is 25.9 Å². The molecule has 0 bridgehead atoms. The predicted octanol–water partition coefficient (Wildman–Crippen LogP) is 3.08. The van der Waals surface area contributed by atoms with Gasteiger partial charge in [0.2, 0.25) is 5.95 Å². The fourth-order valence-corrected chi connectivity index (χ4v) is 1.70. The summed E-state index contributed by atoms with van der Waals surface area (Å²) >= 11 is 0. The smallest absolute Gasteiger partial charge is 0.231 e. The van der Waals surface area contributed by atoms with Gasteiger partial charge in [0.15, 0.2) is 0 Å². The van der Waals surface area contributed by atoms with Gasteiger partial charge in [-0.05, 0) is 26.0 Å². The zero-order chi connectivity index (χ0) is 13.5. The standard InChI is InChI=1S/C14H19N5/c1-3-15-12-10-13(16-4-2)19-14(18-12)17-11-8-6-5-7-9-11/h5-10H,3-4H2,1-2H3,(H3,15,16,17,18,19). The van der Waals surface area contributed by atoms with E-state index in [0.717, 1.165) is 30.4 Å². The van der Waals surface area contributed by atoms with Gasteiger partial charge in [0.25, 0.3) is 0 Å². The molecule has 0 unspecified atom stereocenters. The van der Waals surface area contributed by atoms with Gasteiger partial charge in [-0.1, -0.05) is 18.2 Å². The van der Waals surface area contributed by atoms with Crippen molar-refractivity contribution in [1.82, 2.24) is 9.97 Å². The monoisotopic (exact) mass is 257 g/mol. The molecule has 5 heteroatoms. The van der Waals surface area contributed by atoms with Gasteiger partial charge in [-0.2, -0.15) is 9.97 Å². The molecule has 1 aromatic carbocycles. The Bertz CT molecular complexity index is 488. The molecule has 100 valence electrons.